The predicted molar refractivity (Wildman–Crippen MR) is 114 cm³/mol. The molecule has 0 unspecified atom stereocenters. The van der Waals surface area contributed by atoms with Gasteiger partial charge in [-0.2, -0.15) is 5.10 Å². The maximum atomic E-state index is 13.0. The maximum absolute atomic E-state index is 13.0. The molecule has 2 aromatic heterocycles. The average molecular weight is 440 g/mol. The Balaban J connectivity index is 1.52. The highest BCUT2D eigenvalue weighted by Gasteiger charge is 2.34. The van der Waals surface area contributed by atoms with E-state index in [-0.39, 0.29) is 18.6 Å². The van der Waals surface area contributed by atoms with Crippen LogP contribution in [0.5, 0.6) is 11.5 Å². The van der Waals surface area contributed by atoms with E-state index in [1.807, 2.05) is 23.6 Å². The molecule has 0 N–H and O–H groups in total. The van der Waals surface area contributed by atoms with Crippen LogP contribution in [0.1, 0.15) is 33.5 Å². The number of carbonyl (C=O) groups excluding carboxylic acids is 2. The van der Waals surface area contributed by atoms with E-state index in [0.29, 0.717) is 35.0 Å². The van der Waals surface area contributed by atoms with Crippen molar-refractivity contribution in [3.8, 4) is 11.5 Å². The SMILES string of the molecule is COC(=O)c1ccc(OCC(=O)N2N=C(c3ccco3)C[C@H]2c2cccs2)c(OC)c1. The van der Waals surface area contributed by atoms with Gasteiger partial charge < -0.3 is 18.6 Å². The van der Waals surface area contributed by atoms with Crippen molar-refractivity contribution in [2.24, 2.45) is 5.10 Å². The van der Waals surface area contributed by atoms with Crippen molar-refractivity contribution in [1.82, 2.24) is 5.01 Å². The Kier molecular flexibility index (Phi) is 6.03. The molecular weight excluding hydrogens is 420 g/mol. The second-order valence-corrected chi connectivity index (χ2v) is 7.62. The van der Waals surface area contributed by atoms with E-state index in [4.69, 9.17) is 18.6 Å². The number of benzene rings is 1. The molecule has 1 atom stereocenters. The van der Waals surface area contributed by atoms with Crippen LogP contribution in [0, 0.1) is 0 Å². The standard InChI is InChI=1S/C22H20N2O6S/c1-27-19-11-14(22(26)28-2)7-8-18(19)30-13-21(25)24-16(20-6-4-10-31-20)12-15(23-24)17-5-3-9-29-17/h3-11,16H,12-13H2,1-2H3/t16-/m0/s1. The molecule has 0 saturated carbocycles. The Hall–Kier alpha value is -3.59. The fourth-order valence-electron chi connectivity index (χ4n) is 3.27. The molecule has 9 heteroatoms. The molecule has 0 bridgehead atoms. The lowest BCUT2D eigenvalue weighted by molar-refractivity contribution is -0.135. The molecular formula is C22H20N2O6S. The molecule has 1 aromatic carbocycles. The number of hydrazone groups is 1. The van der Waals surface area contributed by atoms with E-state index in [1.165, 1.54) is 25.3 Å². The van der Waals surface area contributed by atoms with Crippen molar-refractivity contribution in [3.63, 3.8) is 0 Å². The van der Waals surface area contributed by atoms with Gasteiger partial charge in [-0.3, -0.25) is 4.79 Å². The smallest absolute Gasteiger partial charge is 0.337 e. The van der Waals surface area contributed by atoms with Crippen molar-refractivity contribution in [2.75, 3.05) is 20.8 Å². The number of thiophene rings is 1. The summed E-state index contributed by atoms with van der Waals surface area (Å²) in [5.74, 6) is 0.505. The van der Waals surface area contributed by atoms with Gasteiger partial charge in [0.25, 0.3) is 5.91 Å². The van der Waals surface area contributed by atoms with Crippen molar-refractivity contribution in [1.29, 1.82) is 0 Å². The summed E-state index contributed by atoms with van der Waals surface area (Å²) in [7, 11) is 2.76. The topological polar surface area (TPSA) is 90.6 Å². The maximum Gasteiger partial charge on any atom is 0.337 e. The van der Waals surface area contributed by atoms with Crippen LogP contribution in [-0.2, 0) is 9.53 Å². The van der Waals surface area contributed by atoms with Gasteiger partial charge in [0, 0.05) is 11.3 Å². The quantitative estimate of drug-likeness (QED) is 0.518. The molecule has 0 aliphatic carbocycles. The highest BCUT2D eigenvalue weighted by atomic mass is 32.1. The first-order valence-electron chi connectivity index (χ1n) is 9.46. The van der Waals surface area contributed by atoms with Crippen LogP contribution in [0.25, 0.3) is 0 Å². The molecule has 1 amide bonds. The lowest BCUT2D eigenvalue weighted by Gasteiger charge is -2.21. The summed E-state index contributed by atoms with van der Waals surface area (Å²) in [6, 6.07) is 11.9. The minimum atomic E-state index is -0.489. The summed E-state index contributed by atoms with van der Waals surface area (Å²) >= 11 is 1.57. The van der Waals surface area contributed by atoms with Gasteiger partial charge in [-0.1, -0.05) is 6.07 Å². The third kappa shape index (κ3) is 4.31. The number of rotatable bonds is 7. The molecule has 1 aliphatic heterocycles. The lowest BCUT2D eigenvalue weighted by atomic mass is 10.1. The number of hydrogen-bond acceptors (Lipinski definition) is 8. The highest BCUT2D eigenvalue weighted by Crippen LogP contribution is 2.35. The molecule has 0 spiro atoms. The normalized spacial score (nSPS) is 15.5. The minimum absolute atomic E-state index is 0.222. The van der Waals surface area contributed by atoms with Crippen LogP contribution in [0.15, 0.2) is 63.6 Å². The number of methoxy groups -OCH3 is 2. The van der Waals surface area contributed by atoms with E-state index >= 15 is 0 Å². The molecule has 1 aliphatic rings. The first kappa shape index (κ1) is 20.7. The van der Waals surface area contributed by atoms with Crippen molar-refractivity contribution in [3.05, 3.63) is 70.3 Å². The largest absolute Gasteiger partial charge is 0.493 e. The Labute approximate surface area is 182 Å². The number of nitrogens with zero attached hydrogens (tertiary/aromatic N) is 2. The summed E-state index contributed by atoms with van der Waals surface area (Å²) in [5, 5.41) is 7.92. The Bertz CT molecular complexity index is 1090. The summed E-state index contributed by atoms with van der Waals surface area (Å²) in [6.07, 6.45) is 2.13. The molecule has 0 saturated heterocycles. The molecule has 3 heterocycles. The fraction of sp³-hybridized carbons (Fsp3) is 0.227. The zero-order chi connectivity index (χ0) is 21.8. The molecule has 3 aromatic rings. The van der Waals surface area contributed by atoms with E-state index in [2.05, 4.69) is 5.10 Å². The molecule has 0 radical (unpaired) electrons. The summed E-state index contributed by atoms with van der Waals surface area (Å²) in [5.41, 5.74) is 1.03. The van der Waals surface area contributed by atoms with Crippen molar-refractivity contribution < 1.29 is 28.2 Å². The predicted octanol–water partition coefficient (Wildman–Crippen LogP) is 3.89. The Morgan fingerprint density at radius 3 is 2.74 bits per heavy atom. The molecule has 8 nitrogen and oxygen atoms in total. The monoisotopic (exact) mass is 440 g/mol. The summed E-state index contributed by atoms with van der Waals surface area (Å²) in [4.78, 5) is 25.7. The zero-order valence-electron chi connectivity index (χ0n) is 16.9. The summed E-state index contributed by atoms with van der Waals surface area (Å²) in [6.45, 7) is -0.245. The first-order valence-corrected chi connectivity index (χ1v) is 10.3. The van der Waals surface area contributed by atoms with Gasteiger partial charge in [-0.15, -0.1) is 11.3 Å². The second kappa shape index (κ2) is 9.05. The number of carbonyl (C=O) groups is 2. The number of furan rings is 1. The lowest BCUT2D eigenvalue weighted by Crippen LogP contribution is -2.31. The van der Waals surface area contributed by atoms with Crippen LogP contribution in [0.3, 0.4) is 0 Å². The zero-order valence-corrected chi connectivity index (χ0v) is 17.8. The third-order valence-corrected chi connectivity index (χ3v) is 5.75. The fourth-order valence-corrected chi connectivity index (χ4v) is 4.08. The third-order valence-electron chi connectivity index (χ3n) is 4.78. The van der Waals surface area contributed by atoms with Gasteiger partial charge in [0.15, 0.2) is 18.1 Å². The van der Waals surface area contributed by atoms with Gasteiger partial charge in [-0.05, 0) is 41.8 Å². The molecule has 160 valence electrons. The molecule has 0 fully saturated rings. The van der Waals surface area contributed by atoms with Crippen molar-refractivity contribution in [2.45, 2.75) is 12.5 Å². The molecule has 4 rings (SSSR count). The first-order chi connectivity index (χ1) is 15.1. The number of esters is 1. The second-order valence-electron chi connectivity index (χ2n) is 6.64. The van der Waals surface area contributed by atoms with Crippen molar-refractivity contribution >= 4 is 28.9 Å². The van der Waals surface area contributed by atoms with Gasteiger partial charge in [0.2, 0.25) is 0 Å². The van der Waals surface area contributed by atoms with E-state index in [1.54, 1.807) is 35.8 Å². The van der Waals surface area contributed by atoms with Gasteiger partial charge >= 0.3 is 5.97 Å². The van der Waals surface area contributed by atoms with Crippen LogP contribution >= 0.6 is 11.3 Å². The Morgan fingerprint density at radius 1 is 1.19 bits per heavy atom. The van der Waals surface area contributed by atoms with Crippen LogP contribution in [-0.4, -0.2) is 43.4 Å². The summed E-state index contributed by atoms with van der Waals surface area (Å²) < 4.78 is 21.2. The minimum Gasteiger partial charge on any atom is -0.493 e. The van der Waals surface area contributed by atoms with Gasteiger partial charge in [-0.25, -0.2) is 9.80 Å². The van der Waals surface area contributed by atoms with Gasteiger partial charge in [0.05, 0.1) is 32.1 Å². The van der Waals surface area contributed by atoms with Gasteiger partial charge in [0.1, 0.15) is 11.5 Å². The number of hydrogen-bond donors (Lipinski definition) is 0. The van der Waals surface area contributed by atoms with Crippen LogP contribution in [0.4, 0.5) is 0 Å². The molecule has 31 heavy (non-hydrogen) atoms. The van der Waals surface area contributed by atoms with E-state index in [9.17, 15) is 9.59 Å². The highest BCUT2D eigenvalue weighted by molar-refractivity contribution is 7.10. The van der Waals surface area contributed by atoms with Crippen LogP contribution in [0.2, 0.25) is 0 Å². The van der Waals surface area contributed by atoms with E-state index in [0.717, 1.165) is 4.88 Å². The van der Waals surface area contributed by atoms with Crippen LogP contribution < -0.4 is 9.47 Å². The Morgan fingerprint density at radius 2 is 2.06 bits per heavy atom. The number of amides is 1. The number of ether oxygens (including phenoxy) is 3. The van der Waals surface area contributed by atoms with E-state index < -0.39 is 5.97 Å². The average Bonchev–Trinajstić information content (AvgIpc) is 3.56.